The molecule has 0 bridgehead atoms. The molecule has 1 saturated heterocycles. The zero-order chi connectivity index (χ0) is 13.1. The maximum absolute atomic E-state index is 10.9. The molecule has 1 aromatic rings. The van der Waals surface area contributed by atoms with Crippen molar-refractivity contribution < 1.29 is 9.90 Å². The molecule has 4 heteroatoms. The van der Waals surface area contributed by atoms with Crippen LogP contribution in [0.1, 0.15) is 13.3 Å². The van der Waals surface area contributed by atoms with Crippen molar-refractivity contribution in [1.82, 2.24) is 4.90 Å². The van der Waals surface area contributed by atoms with Crippen LogP contribution >= 0.6 is 0 Å². The van der Waals surface area contributed by atoms with Crippen molar-refractivity contribution in [3.63, 3.8) is 0 Å². The Morgan fingerprint density at radius 2 is 2.00 bits per heavy atom. The number of hydrogen-bond donors (Lipinski definition) is 1. The Bertz CT molecular complexity index is 408. The molecule has 1 N–H and O–H groups in total. The molecular weight excluding hydrogens is 228 g/mol. The fourth-order valence-corrected chi connectivity index (χ4v) is 2.61. The third kappa shape index (κ3) is 2.82. The van der Waals surface area contributed by atoms with Crippen LogP contribution in [-0.4, -0.2) is 48.2 Å². The van der Waals surface area contributed by atoms with Gasteiger partial charge in [-0.3, -0.25) is 9.69 Å². The Kier molecular flexibility index (Phi) is 3.87. The van der Waals surface area contributed by atoms with Gasteiger partial charge >= 0.3 is 5.97 Å². The van der Waals surface area contributed by atoms with Crippen molar-refractivity contribution in [3.05, 3.63) is 30.3 Å². The standard InChI is InChI=1S/C14H20N2O2/c1-11-9-15(2)13(8-14(17)18)10-16(11)12-6-4-3-5-7-12/h3-7,11,13H,8-10H2,1-2H3,(H,17,18)/t11-,13+/m1/s1. The van der Waals surface area contributed by atoms with Crippen LogP contribution in [0.3, 0.4) is 0 Å². The normalized spacial score (nSPS) is 25.1. The van der Waals surface area contributed by atoms with Gasteiger partial charge in [-0.1, -0.05) is 18.2 Å². The number of benzene rings is 1. The minimum atomic E-state index is -0.727. The average molecular weight is 248 g/mol. The lowest BCUT2D eigenvalue weighted by atomic mass is 10.0. The summed E-state index contributed by atoms with van der Waals surface area (Å²) in [5, 5.41) is 8.96. The molecule has 1 aliphatic rings. The van der Waals surface area contributed by atoms with Gasteiger partial charge in [-0.2, -0.15) is 0 Å². The minimum absolute atomic E-state index is 0.0823. The van der Waals surface area contributed by atoms with Crippen molar-refractivity contribution >= 4 is 11.7 Å². The highest BCUT2D eigenvalue weighted by atomic mass is 16.4. The average Bonchev–Trinajstić information content (AvgIpc) is 2.33. The second-order valence-corrected chi connectivity index (χ2v) is 5.03. The van der Waals surface area contributed by atoms with Crippen molar-refractivity contribution in [1.29, 1.82) is 0 Å². The Morgan fingerprint density at radius 3 is 2.61 bits per heavy atom. The first-order valence-electron chi connectivity index (χ1n) is 6.31. The van der Waals surface area contributed by atoms with E-state index in [2.05, 4.69) is 28.9 Å². The molecular formula is C14H20N2O2. The quantitative estimate of drug-likeness (QED) is 0.883. The molecule has 1 heterocycles. The molecule has 0 aromatic heterocycles. The number of anilines is 1. The van der Waals surface area contributed by atoms with Gasteiger partial charge in [0.15, 0.2) is 0 Å². The highest BCUT2D eigenvalue weighted by Gasteiger charge is 2.30. The SMILES string of the molecule is C[C@@H]1CN(C)[C@@H](CC(=O)O)CN1c1ccccc1. The summed E-state index contributed by atoms with van der Waals surface area (Å²) in [6.45, 7) is 3.85. The Morgan fingerprint density at radius 1 is 1.33 bits per heavy atom. The van der Waals surface area contributed by atoms with Crippen LogP contribution in [0.5, 0.6) is 0 Å². The van der Waals surface area contributed by atoms with E-state index in [4.69, 9.17) is 5.11 Å². The van der Waals surface area contributed by atoms with Crippen molar-refractivity contribution in [2.75, 3.05) is 25.0 Å². The molecule has 18 heavy (non-hydrogen) atoms. The van der Waals surface area contributed by atoms with E-state index in [1.165, 1.54) is 5.69 Å². The summed E-state index contributed by atoms with van der Waals surface area (Å²) >= 11 is 0. The summed E-state index contributed by atoms with van der Waals surface area (Å²) < 4.78 is 0. The van der Waals surface area contributed by atoms with Crippen LogP contribution in [0.15, 0.2) is 30.3 Å². The number of nitrogens with zero attached hydrogens (tertiary/aromatic N) is 2. The molecule has 1 fully saturated rings. The number of piperazine rings is 1. The number of carboxylic acids is 1. The van der Waals surface area contributed by atoms with Gasteiger partial charge in [0.1, 0.15) is 0 Å². The predicted molar refractivity (Wildman–Crippen MR) is 71.9 cm³/mol. The molecule has 0 saturated carbocycles. The number of carbonyl (C=O) groups is 1. The number of likely N-dealkylation sites (N-methyl/N-ethyl adjacent to an activating group) is 1. The molecule has 0 aliphatic carbocycles. The highest BCUT2D eigenvalue weighted by Crippen LogP contribution is 2.23. The Hall–Kier alpha value is -1.55. The van der Waals surface area contributed by atoms with Gasteiger partial charge in [-0.15, -0.1) is 0 Å². The van der Waals surface area contributed by atoms with Gasteiger partial charge < -0.3 is 10.0 Å². The third-order valence-electron chi connectivity index (χ3n) is 3.61. The molecule has 0 radical (unpaired) electrons. The van der Waals surface area contributed by atoms with E-state index in [0.717, 1.165) is 13.1 Å². The number of carboxylic acid groups (broad SMARTS) is 1. The fraction of sp³-hybridized carbons (Fsp3) is 0.500. The molecule has 0 unspecified atom stereocenters. The van der Waals surface area contributed by atoms with Gasteiger partial charge in [0.25, 0.3) is 0 Å². The number of aliphatic carboxylic acids is 1. The van der Waals surface area contributed by atoms with Gasteiger partial charge in [0.2, 0.25) is 0 Å². The summed E-state index contributed by atoms with van der Waals surface area (Å²) in [5.74, 6) is -0.727. The van der Waals surface area contributed by atoms with E-state index in [1.54, 1.807) is 0 Å². The zero-order valence-corrected chi connectivity index (χ0v) is 10.9. The third-order valence-corrected chi connectivity index (χ3v) is 3.61. The molecule has 2 atom stereocenters. The Labute approximate surface area is 108 Å². The summed E-state index contributed by atoms with van der Waals surface area (Å²) in [4.78, 5) is 15.3. The summed E-state index contributed by atoms with van der Waals surface area (Å²) in [7, 11) is 2.01. The smallest absolute Gasteiger partial charge is 0.305 e. The maximum Gasteiger partial charge on any atom is 0.305 e. The van der Waals surface area contributed by atoms with Gasteiger partial charge in [-0.25, -0.2) is 0 Å². The number of hydrogen-bond acceptors (Lipinski definition) is 3. The highest BCUT2D eigenvalue weighted by molar-refractivity contribution is 5.67. The van der Waals surface area contributed by atoms with E-state index in [0.29, 0.717) is 6.04 Å². The lowest BCUT2D eigenvalue weighted by Crippen LogP contribution is -2.56. The molecule has 2 rings (SSSR count). The van der Waals surface area contributed by atoms with Crippen molar-refractivity contribution in [3.8, 4) is 0 Å². The van der Waals surface area contributed by atoms with Crippen LogP contribution in [0.25, 0.3) is 0 Å². The fourth-order valence-electron chi connectivity index (χ4n) is 2.61. The maximum atomic E-state index is 10.9. The van der Waals surface area contributed by atoms with Crippen LogP contribution in [0.2, 0.25) is 0 Å². The second-order valence-electron chi connectivity index (χ2n) is 5.03. The molecule has 1 aromatic carbocycles. The van der Waals surface area contributed by atoms with E-state index < -0.39 is 5.97 Å². The first-order valence-corrected chi connectivity index (χ1v) is 6.31. The summed E-state index contributed by atoms with van der Waals surface area (Å²) in [5.41, 5.74) is 1.17. The van der Waals surface area contributed by atoms with Crippen LogP contribution < -0.4 is 4.90 Å². The second kappa shape index (κ2) is 5.40. The molecule has 0 amide bonds. The Balaban J connectivity index is 2.13. The van der Waals surface area contributed by atoms with Gasteiger partial charge in [-0.05, 0) is 26.1 Å². The molecule has 0 spiro atoms. The van der Waals surface area contributed by atoms with Crippen molar-refractivity contribution in [2.45, 2.75) is 25.4 Å². The lowest BCUT2D eigenvalue weighted by Gasteiger charge is -2.44. The summed E-state index contributed by atoms with van der Waals surface area (Å²) in [6.07, 6.45) is 0.201. The van der Waals surface area contributed by atoms with Crippen LogP contribution in [-0.2, 0) is 4.79 Å². The first kappa shape index (κ1) is 12.9. The molecule has 4 nitrogen and oxygen atoms in total. The van der Waals surface area contributed by atoms with E-state index >= 15 is 0 Å². The van der Waals surface area contributed by atoms with Crippen LogP contribution in [0.4, 0.5) is 5.69 Å². The van der Waals surface area contributed by atoms with E-state index in [-0.39, 0.29) is 12.5 Å². The van der Waals surface area contributed by atoms with Gasteiger partial charge in [0.05, 0.1) is 6.42 Å². The van der Waals surface area contributed by atoms with E-state index in [9.17, 15) is 4.79 Å². The lowest BCUT2D eigenvalue weighted by molar-refractivity contribution is -0.138. The largest absolute Gasteiger partial charge is 0.481 e. The topological polar surface area (TPSA) is 43.8 Å². The van der Waals surface area contributed by atoms with E-state index in [1.807, 2.05) is 25.2 Å². The van der Waals surface area contributed by atoms with Gasteiger partial charge in [0, 0.05) is 30.9 Å². The minimum Gasteiger partial charge on any atom is -0.481 e. The first-order chi connectivity index (χ1) is 8.58. The molecule has 98 valence electrons. The zero-order valence-electron chi connectivity index (χ0n) is 10.9. The van der Waals surface area contributed by atoms with Crippen molar-refractivity contribution in [2.24, 2.45) is 0 Å². The number of rotatable bonds is 3. The predicted octanol–water partition coefficient (Wildman–Crippen LogP) is 1.67. The molecule has 1 aliphatic heterocycles. The number of para-hydroxylation sites is 1. The monoisotopic (exact) mass is 248 g/mol. The van der Waals surface area contributed by atoms with Crippen LogP contribution in [0, 0.1) is 0 Å². The summed E-state index contributed by atoms with van der Waals surface area (Å²) in [6, 6.07) is 10.7.